The second-order valence-electron chi connectivity index (χ2n) is 13.9. The molecule has 6 aromatic rings. The standard InChI is InChI=1S/C44H39N/c1-28-25-31(30-15-8-7-9-16-30)26-29(2)42(28)45(32-23-24-34-33-17-10-12-19-36(33)44(5,6)39(34)27-32)40-22-14-21-38-41(40)35-18-11-13-20-37(35)43(38,3)4/h7-27H,1-6H3. The minimum Gasteiger partial charge on any atom is -0.309 e. The molecule has 0 saturated heterocycles. The summed E-state index contributed by atoms with van der Waals surface area (Å²) in [6, 6.07) is 47.4. The van der Waals surface area contributed by atoms with E-state index in [1.165, 1.54) is 83.8 Å². The first-order chi connectivity index (χ1) is 21.7. The third-order valence-corrected chi connectivity index (χ3v) is 10.5. The Labute approximate surface area is 267 Å². The van der Waals surface area contributed by atoms with Crippen molar-refractivity contribution in [1.29, 1.82) is 0 Å². The smallest absolute Gasteiger partial charge is 0.0543 e. The van der Waals surface area contributed by atoms with Crippen LogP contribution in [0.15, 0.2) is 127 Å². The fourth-order valence-electron chi connectivity index (χ4n) is 8.25. The summed E-state index contributed by atoms with van der Waals surface area (Å²) in [5.41, 5.74) is 19.5. The number of benzene rings is 6. The van der Waals surface area contributed by atoms with Crippen LogP contribution < -0.4 is 4.90 Å². The van der Waals surface area contributed by atoms with Gasteiger partial charge in [-0.3, -0.25) is 0 Å². The lowest BCUT2D eigenvalue weighted by molar-refractivity contribution is 0.660. The van der Waals surface area contributed by atoms with Crippen LogP contribution in [0.3, 0.4) is 0 Å². The Morgan fingerprint density at radius 1 is 0.444 bits per heavy atom. The van der Waals surface area contributed by atoms with E-state index >= 15 is 0 Å². The molecule has 0 fully saturated rings. The lowest BCUT2D eigenvalue weighted by Crippen LogP contribution is -2.18. The van der Waals surface area contributed by atoms with E-state index in [1.54, 1.807) is 0 Å². The third-order valence-electron chi connectivity index (χ3n) is 10.5. The SMILES string of the molecule is Cc1cc(-c2ccccc2)cc(C)c1N(c1ccc2c(c1)C(C)(C)c1ccccc1-2)c1cccc2c1-c1ccccc1C2(C)C. The zero-order chi connectivity index (χ0) is 31.1. The van der Waals surface area contributed by atoms with Crippen molar-refractivity contribution < 1.29 is 0 Å². The molecule has 0 unspecified atom stereocenters. The maximum atomic E-state index is 2.55. The van der Waals surface area contributed by atoms with E-state index in [0.29, 0.717) is 0 Å². The van der Waals surface area contributed by atoms with Gasteiger partial charge in [-0.1, -0.05) is 125 Å². The molecule has 8 rings (SSSR count). The highest BCUT2D eigenvalue weighted by atomic mass is 15.2. The number of fused-ring (bicyclic) bond motifs is 6. The van der Waals surface area contributed by atoms with E-state index in [2.05, 4.69) is 174 Å². The predicted octanol–water partition coefficient (Wildman–Crippen LogP) is 12.1. The Kier molecular flexibility index (Phi) is 6.03. The molecule has 45 heavy (non-hydrogen) atoms. The normalized spacial score (nSPS) is 14.8. The van der Waals surface area contributed by atoms with E-state index in [4.69, 9.17) is 0 Å². The van der Waals surface area contributed by atoms with Crippen LogP contribution in [0.2, 0.25) is 0 Å². The predicted molar refractivity (Wildman–Crippen MR) is 191 cm³/mol. The second kappa shape index (κ2) is 9.81. The molecule has 1 heteroatoms. The summed E-state index contributed by atoms with van der Waals surface area (Å²) in [5, 5.41) is 0. The van der Waals surface area contributed by atoms with Gasteiger partial charge in [0.2, 0.25) is 0 Å². The Bertz CT molecular complexity index is 2110. The molecule has 0 saturated carbocycles. The third kappa shape index (κ3) is 4.00. The molecule has 2 aliphatic rings. The lowest BCUT2D eigenvalue weighted by Gasteiger charge is -2.32. The number of nitrogens with zero attached hydrogens (tertiary/aromatic N) is 1. The van der Waals surface area contributed by atoms with Gasteiger partial charge < -0.3 is 4.90 Å². The van der Waals surface area contributed by atoms with Gasteiger partial charge in [0.15, 0.2) is 0 Å². The molecule has 0 atom stereocenters. The van der Waals surface area contributed by atoms with Crippen LogP contribution >= 0.6 is 0 Å². The largest absolute Gasteiger partial charge is 0.309 e. The summed E-state index contributed by atoms with van der Waals surface area (Å²) in [7, 11) is 0. The van der Waals surface area contributed by atoms with Crippen LogP contribution in [0.25, 0.3) is 33.4 Å². The van der Waals surface area contributed by atoms with Gasteiger partial charge in [-0.15, -0.1) is 0 Å². The van der Waals surface area contributed by atoms with Crippen molar-refractivity contribution in [1.82, 2.24) is 0 Å². The van der Waals surface area contributed by atoms with Crippen molar-refractivity contribution in [3.05, 3.63) is 161 Å². The van der Waals surface area contributed by atoms with Crippen molar-refractivity contribution in [2.45, 2.75) is 52.4 Å². The van der Waals surface area contributed by atoms with Gasteiger partial charge in [0.05, 0.1) is 11.4 Å². The van der Waals surface area contributed by atoms with Gasteiger partial charge in [-0.25, -0.2) is 0 Å². The molecule has 0 spiro atoms. The van der Waals surface area contributed by atoms with Gasteiger partial charge >= 0.3 is 0 Å². The Morgan fingerprint density at radius 2 is 1.00 bits per heavy atom. The topological polar surface area (TPSA) is 3.24 Å². The maximum Gasteiger partial charge on any atom is 0.0543 e. The Balaban J connectivity index is 1.40. The molecule has 0 bridgehead atoms. The average Bonchev–Trinajstić information content (AvgIpc) is 3.43. The number of rotatable bonds is 4. The van der Waals surface area contributed by atoms with E-state index in [-0.39, 0.29) is 10.8 Å². The van der Waals surface area contributed by atoms with Crippen LogP contribution in [0, 0.1) is 13.8 Å². The molecule has 0 N–H and O–H groups in total. The van der Waals surface area contributed by atoms with E-state index in [0.717, 1.165) is 0 Å². The molecule has 0 amide bonds. The first-order valence-electron chi connectivity index (χ1n) is 16.1. The van der Waals surface area contributed by atoms with E-state index in [1.807, 2.05) is 0 Å². The number of hydrogen-bond acceptors (Lipinski definition) is 1. The Morgan fingerprint density at radius 3 is 1.71 bits per heavy atom. The maximum absolute atomic E-state index is 2.55. The highest BCUT2D eigenvalue weighted by Crippen LogP contribution is 2.56. The Hall–Kier alpha value is -4.88. The molecule has 2 aliphatic carbocycles. The lowest BCUT2D eigenvalue weighted by atomic mass is 9.82. The molecule has 1 nitrogen and oxygen atoms in total. The van der Waals surface area contributed by atoms with Crippen molar-refractivity contribution in [2.75, 3.05) is 4.90 Å². The molecule has 0 aliphatic heterocycles. The molecule has 6 aromatic carbocycles. The number of anilines is 3. The minimum absolute atomic E-state index is 0.0730. The van der Waals surface area contributed by atoms with Crippen LogP contribution in [0.1, 0.15) is 61.1 Å². The minimum atomic E-state index is -0.0813. The first kappa shape index (κ1) is 27.7. The van der Waals surface area contributed by atoms with Gasteiger partial charge in [-0.2, -0.15) is 0 Å². The second-order valence-corrected chi connectivity index (χ2v) is 13.9. The summed E-state index contributed by atoms with van der Waals surface area (Å²) < 4.78 is 0. The summed E-state index contributed by atoms with van der Waals surface area (Å²) in [5.74, 6) is 0. The molecular weight excluding hydrogens is 542 g/mol. The highest BCUT2D eigenvalue weighted by molar-refractivity contribution is 5.97. The zero-order valence-corrected chi connectivity index (χ0v) is 27.1. The summed E-state index contributed by atoms with van der Waals surface area (Å²) in [6.07, 6.45) is 0. The number of hydrogen-bond donors (Lipinski definition) is 0. The van der Waals surface area contributed by atoms with E-state index in [9.17, 15) is 0 Å². The number of aryl methyl sites for hydroxylation is 2. The van der Waals surface area contributed by atoms with Gasteiger partial charge in [0, 0.05) is 22.1 Å². The van der Waals surface area contributed by atoms with Crippen molar-refractivity contribution in [2.24, 2.45) is 0 Å². The van der Waals surface area contributed by atoms with Crippen LogP contribution in [0.4, 0.5) is 17.1 Å². The fraction of sp³-hybridized carbons (Fsp3) is 0.182. The van der Waals surface area contributed by atoms with Gasteiger partial charge in [0.1, 0.15) is 0 Å². The van der Waals surface area contributed by atoms with E-state index < -0.39 is 0 Å². The van der Waals surface area contributed by atoms with Crippen LogP contribution in [-0.2, 0) is 10.8 Å². The average molecular weight is 582 g/mol. The van der Waals surface area contributed by atoms with Gasteiger partial charge in [0.25, 0.3) is 0 Å². The molecule has 220 valence electrons. The first-order valence-corrected chi connectivity index (χ1v) is 16.1. The van der Waals surface area contributed by atoms with Crippen molar-refractivity contribution in [3.8, 4) is 33.4 Å². The van der Waals surface area contributed by atoms with Gasteiger partial charge in [-0.05, 0) is 105 Å². The van der Waals surface area contributed by atoms with Crippen LogP contribution in [-0.4, -0.2) is 0 Å². The monoisotopic (exact) mass is 581 g/mol. The highest BCUT2D eigenvalue weighted by Gasteiger charge is 2.39. The molecular formula is C44H39N. The van der Waals surface area contributed by atoms with Crippen molar-refractivity contribution in [3.63, 3.8) is 0 Å². The molecule has 0 radical (unpaired) electrons. The summed E-state index contributed by atoms with van der Waals surface area (Å²) in [6.45, 7) is 14.0. The fourth-order valence-corrected chi connectivity index (χ4v) is 8.25. The quantitative estimate of drug-likeness (QED) is 0.200. The zero-order valence-electron chi connectivity index (χ0n) is 27.1. The van der Waals surface area contributed by atoms with Crippen LogP contribution in [0.5, 0.6) is 0 Å². The molecule has 0 heterocycles. The van der Waals surface area contributed by atoms with Crippen molar-refractivity contribution >= 4 is 17.1 Å². The summed E-state index contributed by atoms with van der Waals surface area (Å²) >= 11 is 0. The molecule has 0 aromatic heterocycles. The summed E-state index contributed by atoms with van der Waals surface area (Å²) in [4.78, 5) is 2.55.